The minimum atomic E-state index is -0.480. The number of allylic oxidation sites excluding steroid dienone is 2. The normalized spacial score (nSPS) is 16.0. The molecule has 0 aliphatic heterocycles. The van der Waals surface area contributed by atoms with Gasteiger partial charge in [-0.05, 0) is 18.6 Å². The Hall–Kier alpha value is -2.07. The Kier molecular flexibility index (Phi) is 7.55. The Morgan fingerprint density at radius 1 is 1.22 bits per heavy atom. The summed E-state index contributed by atoms with van der Waals surface area (Å²) >= 11 is 0. The molecule has 0 heterocycles. The highest BCUT2D eigenvalue weighted by Crippen LogP contribution is 2.27. The number of rotatable bonds is 6. The van der Waals surface area contributed by atoms with Crippen LogP contribution in [0.2, 0.25) is 0 Å². The summed E-state index contributed by atoms with van der Waals surface area (Å²) in [4.78, 5) is 12.6. The van der Waals surface area contributed by atoms with Crippen LogP contribution in [0, 0.1) is 5.92 Å². The van der Waals surface area contributed by atoms with Gasteiger partial charge in [0.25, 0.3) is 0 Å². The second kappa shape index (κ2) is 9.16. The summed E-state index contributed by atoms with van der Waals surface area (Å²) in [5.74, 6) is 0.0458. The number of hydrogen-bond acceptors (Lipinski definition) is 3. The van der Waals surface area contributed by atoms with Gasteiger partial charge in [-0.1, -0.05) is 55.8 Å². The molecule has 1 N–H and O–H groups in total. The number of benzene rings is 1. The molecule has 0 fully saturated rings. The fraction of sp³-hybridized carbons (Fsp3) is 0.421. The van der Waals surface area contributed by atoms with Gasteiger partial charge in [-0.15, -0.1) is 0 Å². The first-order valence-corrected chi connectivity index (χ1v) is 7.78. The van der Waals surface area contributed by atoms with Gasteiger partial charge in [0.15, 0.2) is 0 Å². The van der Waals surface area contributed by atoms with Gasteiger partial charge in [-0.2, -0.15) is 0 Å². The molecule has 0 saturated heterocycles. The predicted octanol–water partition coefficient (Wildman–Crippen LogP) is 3.95. The minimum absolute atomic E-state index is 0.000550. The van der Waals surface area contributed by atoms with Gasteiger partial charge < -0.3 is 14.7 Å². The van der Waals surface area contributed by atoms with Crippen molar-refractivity contribution in [3.05, 3.63) is 59.9 Å². The van der Waals surface area contributed by atoms with E-state index >= 15 is 0 Å². The van der Waals surface area contributed by atoms with Crippen molar-refractivity contribution in [1.82, 2.24) is 4.90 Å². The summed E-state index contributed by atoms with van der Waals surface area (Å²) in [7, 11) is 3.25. The molecule has 0 radical (unpaired) electrons. The molecule has 0 aliphatic carbocycles. The van der Waals surface area contributed by atoms with Crippen molar-refractivity contribution in [1.29, 1.82) is 0 Å². The van der Waals surface area contributed by atoms with Gasteiger partial charge in [0.2, 0.25) is 0 Å². The van der Waals surface area contributed by atoms with Gasteiger partial charge in [-0.3, -0.25) is 0 Å². The summed E-state index contributed by atoms with van der Waals surface area (Å²) in [5, 5.41) is 10.6. The van der Waals surface area contributed by atoms with Crippen LogP contribution in [-0.4, -0.2) is 36.3 Å². The summed E-state index contributed by atoms with van der Waals surface area (Å²) < 4.78 is 4.91. The van der Waals surface area contributed by atoms with Crippen molar-refractivity contribution >= 4 is 6.09 Å². The second-order valence-electron chi connectivity index (χ2n) is 6.00. The number of aliphatic hydroxyl groups excluding tert-OH is 1. The highest BCUT2D eigenvalue weighted by Gasteiger charge is 2.23. The maximum atomic E-state index is 11.3. The molecule has 126 valence electrons. The quantitative estimate of drug-likeness (QED) is 0.638. The Morgan fingerprint density at radius 2 is 1.83 bits per heavy atom. The van der Waals surface area contributed by atoms with Crippen LogP contribution in [0.5, 0.6) is 0 Å². The number of carbonyl (C=O) groups excluding carboxylic acids is 1. The van der Waals surface area contributed by atoms with Gasteiger partial charge >= 0.3 is 6.09 Å². The van der Waals surface area contributed by atoms with Crippen LogP contribution < -0.4 is 0 Å². The highest BCUT2D eigenvalue weighted by molar-refractivity contribution is 5.67. The first-order chi connectivity index (χ1) is 10.8. The highest BCUT2D eigenvalue weighted by atomic mass is 16.5. The molecular formula is C19H27NO3. The van der Waals surface area contributed by atoms with Gasteiger partial charge in [-0.25, -0.2) is 4.79 Å². The molecule has 1 amide bonds. The number of ether oxygens (including phenoxy) is 1. The average molecular weight is 317 g/mol. The third-order valence-corrected chi connectivity index (χ3v) is 4.04. The summed E-state index contributed by atoms with van der Waals surface area (Å²) in [6.07, 6.45) is 3.98. The summed E-state index contributed by atoms with van der Waals surface area (Å²) in [6, 6.07) is 9.99. The lowest BCUT2D eigenvalue weighted by molar-refractivity contribution is 0.109. The van der Waals surface area contributed by atoms with E-state index in [1.807, 2.05) is 57.2 Å². The Bertz CT molecular complexity index is 549. The molecule has 0 aliphatic rings. The zero-order chi connectivity index (χ0) is 17.4. The fourth-order valence-electron chi connectivity index (χ4n) is 2.20. The van der Waals surface area contributed by atoms with Crippen LogP contribution >= 0.6 is 0 Å². The average Bonchev–Trinajstić information content (AvgIpc) is 2.56. The number of carbonyl (C=O) groups is 1. The van der Waals surface area contributed by atoms with Gasteiger partial charge in [0.1, 0.15) is 0 Å². The van der Waals surface area contributed by atoms with E-state index in [9.17, 15) is 9.90 Å². The molecule has 1 rings (SSSR count). The van der Waals surface area contributed by atoms with Crippen molar-refractivity contribution in [2.45, 2.75) is 32.8 Å². The standard InChI is InChI=1S/C19H27NO3/c1-14(10-9-13-23-19(22)20(4)5)15(2)18(21)16(3)17-11-7-6-8-12-17/h6-13,15-16,18,21H,1-5H3/b13-9+,14-10-/t15-,16-,18-/m1/s1. The van der Waals surface area contributed by atoms with E-state index in [4.69, 9.17) is 4.74 Å². The van der Waals surface area contributed by atoms with E-state index in [2.05, 4.69) is 0 Å². The molecule has 23 heavy (non-hydrogen) atoms. The van der Waals surface area contributed by atoms with Crippen molar-refractivity contribution < 1.29 is 14.6 Å². The third-order valence-electron chi connectivity index (χ3n) is 4.04. The topological polar surface area (TPSA) is 49.8 Å². The molecule has 0 bridgehead atoms. The minimum Gasteiger partial charge on any atom is -0.418 e. The maximum absolute atomic E-state index is 11.3. The number of amides is 1. The summed E-state index contributed by atoms with van der Waals surface area (Å²) in [5.41, 5.74) is 2.15. The zero-order valence-corrected chi connectivity index (χ0v) is 14.6. The van der Waals surface area contributed by atoms with Crippen LogP contribution in [0.3, 0.4) is 0 Å². The maximum Gasteiger partial charge on any atom is 0.414 e. The SMILES string of the molecule is C/C(=C/C=C/OC(=O)N(C)C)[C@@H](C)[C@@H](O)[C@H](C)c1ccccc1. The largest absolute Gasteiger partial charge is 0.418 e. The molecule has 1 aromatic rings. The Balaban J connectivity index is 2.64. The molecule has 0 saturated carbocycles. The molecule has 0 spiro atoms. The van der Waals surface area contributed by atoms with Crippen molar-refractivity contribution in [2.24, 2.45) is 5.92 Å². The van der Waals surface area contributed by atoms with Crippen LogP contribution in [0.1, 0.15) is 32.3 Å². The molecule has 4 heteroatoms. The lowest BCUT2D eigenvalue weighted by atomic mass is 9.84. The number of aliphatic hydroxyl groups is 1. The molecule has 0 unspecified atom stereocenters. The van der Waals surface area contributed by atoms with Crippen LogP contribution in [-0.2, 0) is 4.74 Å². The number of nitrogens with zero attached hydrogens (tertiary/aromatic N) is 1. The van der Waals surface area contributed by atoms with E-state index in [-0.39, 0.29) is 11.8 Å². The van der Waals surface area contributed by atoms with E-state index in [0.717, 1.165) is 11.1 Å². The lowest BCUT2D eigenvalue weighted by Gasteiger charge is -2.26. The monoisotopic (exact) mass is 317 g/mol. The number of hydrogen-bond donors (Lipinski definition) is 1. The van der Waals surface area contributed by atoms with E-state index in [1.54, 1.807) is 20.2 Å². The van der Waals surface area contributed by atoms with E-state index in [1.165, 1.54) is 11.2 Å². The molecule has 0 aromatic heterocycles. The molecule has 1 aromatic carbocycles. The first-order valence-electron chi connectivity index (χ1n) is 7.78. The van der Waals surface area contributed by atoms with Crippen LogP contribution in [0.15, 0.2) is 54.3 Å². The smallest absolute Gasteiger partial charge is 0.414 e. The molecule has 3 atom stereocenters. The fourth-order valence-corrected chi connectivity index (χ4v) is 2.20. The van der Waals surface area contributed by atoms with Crippen molar-refractivity contribution in [3.63, 3.8) is 0 Å². The van der Waals surface area contributed by atoms with Gasteiger partial charge in [0, 0.05) is 25.9 Å². The van der Waals surface area contributed by atoms with E-state index in [0.29, 0.717) is 0 Å². The first kappa shape index (κ1) is 19.0. The molecule has 4 nitrogen and oxygen atoms in total. The summed E-state index contributed by atoms with van der Waals surface area (Å²) in [6.45, 7) is 5.98. The Morgan fingerprint density at radius 3 is 2.39 bits per heavy atom. The van der Waals surface area contributed by atoms with Crippen LogP contribution in [0.4, 0.5) is 4.79 Å². The third kappa shape index (κ3) is 5.91. The molecular weight excluding hydrogens is 290 g/mol. The zero-order valence-electron chi connectivity index (χ0n) is 14.6. The second-order valence-corrected chi connectivity index (χ2v) is 6.00. The van der Waals surface area contributed by atoms with Crippen LogP contribution in [0.25, 0.3) is 0 Å². The van der Waals surface area contributed by atoms with Crippen molar-refractivity contribution in [2.75, 3.05) is 14.1 Å². The lowest BCUT2D eigenvalue weighted by Crippen LogP contribution is -2.25. The predicted molar refractivity (Wildman–Crippen MR) is 93.1 cm³/mol. The van der Waals surface area contributed by atoms with E-state index < -0.39 is 12.2 Å². The van der Waals surface area contributed by atoms with Gasteiger partial charge in [0.05, 0.1) is 12.4 Å². The van der Waals surface area contributed by atoms with Crippen molar-refractivity contribution in [3.8, 4) is 0 Å². The Labute approximate surface area is 139 Å².